The van der Waals surface area contributed by atoms with Crippen molar-refractivity contribution in [2.24, 2.45) is 0 Å². The molecule has 0 saturated carbocycles. The maximum atomic E-state index is 14.1. The molecule has 0 unspecified atom stereocenters. The van der Waals surface area contributed by atoms with E-state index in [-0.39, 0.29) is 42.8 Å². The summed E-state index contributed by atoms with van der Waals surface area (Å²) in [5.41, 5.74) is 1.51. The van der Waals surface area contributed by atoms with Gasteiger partial charge in [-0.1, -0.05) is 12.1 Å². The van der Waals surface area contributed by atoms with Crippen molar-refractivity contribution in [3.63, 3.8) is 0 Å². The van der Waals surface area contributed by atoms with Crippen molar-refractivity contribution in [2.75, 3.05) is 26.8 Å². The second-order valence-corrected chi connectivity index (χ2v) is 9.65. The number of halogens is 1. The van der Waals surface area contributed by atoms with Crippen LogP contribution in [-0.2, 0) is 11.2 Å². The van der Waals surface area contributed by atoms with Gasteiger partial charge in [0.1, 0.15) is 18.9 Å². The summed E-state index contributed by atoms with van der Waals surface area (Å²) in [4.78, 5) is 31.3. The molecule has 2 aromatic carbocycles. The van der Waals surface area contributed by atoms with E-state index in [1.807, 2.05) is 25.3 Å². The molecule has 0 bridgehead atoms. The Morgan fingerprint density at radius 3 is 2.57 bits per heavy atom. The zero-order chi connectivity index (χ0) is 24.9. The zero-order valence-electron chi connectivity index (χ0n) is 20.1. The molecule has 0 saturated heterocycles. The largest absolute Gasteiger partial charge is 0.497 e. The molecule has 1 atom stereocenters. The Morgan fingerprint density at radius 1 is 1.14 bits per heavy atom. The first-order valence-corrected chi connectivity index (χ1v) is 12.4. The van der Waals surface area contributed by atoms with Crippen LogP contribution in [0.25, 0.3) is 0 Å². The molecule has 8 heteroatoms. The normalized spacial score (nSPS) is 15.0. The van der Waals surface area contributed by atoms with Crippen molar-refractivity contribution >= 4 is 23.2 Å². The molecular weight excluding hydrogens is 467 g/mol. The molecule has 1 aliphatic heterocycles. The minimum Gasteiger partial charge on any atom is -0.497 e. The van der Waals surface area contributed by atoms with Gasteiger partial charge in [-0.15, -0.1) is 11.3 Å². The highest BCUT2D eigenvalue weighted by Gasteiger charge is 2.34. The quantitative estimate of drug-likeness (QED) is 0.443. The van der Waals surface area contributed by atoms with Gasteiger partial charge >= 0.3 is 0 Å². The number of hydrogen-bond donors (Lipinski definition) is 0. The van der Waals surface area contributed by atoms with Gasteiger partial charge in [0.25, 0.3) is 5.91 Å². The van der Waals surface area contributed by atoms with E-state index in [1.54, 1.807) is 70.7 Å². The van der Waals surface area contributed by atoms with Crippen LogP contribution in [0.1, 0.15) is 40.7 Å². The second-order valence-electron chi connectivity index (χ2n) is 8.65. The summed E-state index contributed by atoms with van der Waals surface area (Å²) in [6.45, 7) is 4.37. The van der Waals surface area contributed by atoms with Gasteiger partial charge in [0, 0.05) is 23.0 Å². The zero-order valence-corrected chi connectivity index (χ0v) is 20.9. The lowest BCUT2D eigenvalue weighted by Gasteiger charge is -2.37. The van der Waals surface area contributed by atoms with Gasteiger partial charge in [-0.3, -0.25) is 9.59 Å². The van der Waals surface area contributed by atoms with Gasteiger partial charge < -0.3 is 19.3 Å². The fourth-order valence-corrected chi connectivity index (χ4v) is 5.16. The van der Waals surface area contributed by atoms with Crippen molar-refractivity contribution in [3.8, 4) is 11.5 Å². The number of hydrogen-bond acceptors (Lipinski definition) is 5. The van der Waals surface area contributed by atoms with Crippen LogP contribution in [0.2, 0.25) is 0 Å². The number of benzene rings is 2. The highest BCUT2D eigenvalue weighted by Crippen LogP contribution is 2.34. The number of thiophene rings is 1. The van der Waals surface area contributed by atoms with Gasteiger partial charge in [-0.25, -0.2) is 4.39 Å². The highest BCUT2D eigenvalue weighted by molar-refractivity contribution is 7.10. The van der Waals surface area contributed by atoms with E-state index in [1.165, 1.54) is 10.9 Å². The molecule has 184 valence electrons. The van der Waals surface area contributed by atoms with Crippen LogP contribution >= 0.6 is 11.3 Å². The molecule has 35 heavy (non-hydrogen) atoms. The van der Waals surface area contributed by atoms with Crippen LogP contribution in [0.3, 0.4) is 0 Å². The number of fused-ring (bicyclic) bond motifs is 1. The van der Waals surface area contributed by atoms with Crippen molar-refractivity contribution < 1.29 is 23.5 Å². The number of carbonyl (C=O) groups excluding carboxylic acids is 2. The van der Waals surface area contributed by atoms with E-state index in [0.29, 0.717) is 17.9 Å². The van der Waals surface area contributed by atoms with Crippen molar-refractivity contribution in [1.82, 2.24) is 9.80 Å². The molecule has 3 aromatic rings. The first kappa shape index (κ1) is 24.7. The minimum atomic E-state index is -0.442. The lowest BCUT2D eigenvalue weighted by atomic mass is 10.00. The third-order valence-electron chi connectivity index (χ3n) is 6.18. The van der Waals surface area contributed by atoms with Gasteiger partial charge in [-0.2, -0.15) is 0 Å². The maximum Gasteiger partial charge on any atom is 0.254 e. The van der Waals surface area contributed by atoms with E-state index < -0.39 is 5.82 Å². The van der Waals surface area contributed by atoms with E-state index in [4.69, 9.17) is 9.47 Å². The first-order chi connectivity index (χ1) is 16.9. The predicted molar refractivity (Wildman–Crippen MR) is 134 cm³/mol. The average molecular weight is 497 g/mol. The minimum absolute atomic E-state index is 0.0573. The average Bonchev–Trinajstić information content (AvgIpc) is 3.35. The molecule has 2 heterocycles. The number of para-hydroxylation sites is 1. The summed E-state index contributed by atoms with van der Waals surface area (Å²) in [6, 6.07) is 14.6. The Hall–Kier alpha value is -3.39. The smallest absolute Gasteiger partial charge is 0.254 e. The van der Waals surface area contributed by atoms with Gasteiger partial charge in [0.15, 0.2) is 11.6 Å². The molecule has 0 aliphatic carbocycles. The standard InChI is InChI=1S/C27H29FN2O4S/c1-18(2)30(27(32)19-8-10-20(33-3)11-9-19)16-26(31)29-14-12-25-21(13-15-35-25)23(29)17-34-24-7-5-4-6-22(24)28/h4-11,13,15,18,23H,12,14,16-17H2,1-3H3/t23-/m1/s1. The Bertz CT molecular complexity index is 1180. The molecule has 2 amide bonds. The van der Waals surface area contributed by atoms with E-state index >= 15 is 0 Å². The molecule has 6 nitrogen and oxygen atoms in total. The molecule has 1 aromatic heterocycles. The SMILES string of the molecule is COc1ccc(C(=O)N(CC(=O)N2CCc3sccc3[C@H]2COc2ccccc2F)C(C)C)cc1. The Kier molecular flexibility index (Phi) is 7.70. The third-order valence-corrected chi connectivity index (χ3v) is 7.17. The highest BCUT2D eigenvalue weighted by atomic mass is 32.1. The summed E-state index contributed by atoms with van der Waals surface area (Å²) in [5, 5.41) is 2.00. The summed E-state index contributed by atoms with van der Waals surface area (Å²) >= 11 is 1.65. The van der Waals surface area contributed by atoms with Crippen LogP contribution in [-0.4, -0.2) is 54.5 Å². The summed E-state index contributed by atoms with van der Waals surface area (Å²) in [7, 11) is 1.57. The van der Waals surface area contributed by atoms with Crippen LogP contribution in [0.4, 0.5) is 4.39 Å². The fraction of sp³-hybridized carbons (Fsp3) is 0.333. The Labute approximate surface area is 208 Å². The topological polar surface area (TPSA) is 59.1 Å². The fourth-order valence-electron chi connectivity index (χ4n) is 4.23. The van der Waals surface area contributed by atoms with Gasteiger partial charge in [-0.05, 0) is 73.7 Å². The molecule has 0 radical (unpaired) electrons. The monoisotopic (exact) mass is 496 g/mol. The number of carbonyl (C=O) groups is 2. The van der Waals surface area contributed by atoms with E-state index in [9.17, 15) is 14.0 Å². The lowest BCUT2D eigenvalue weighted by molar-refractivity contribution is -0.136. The first-order valence-electron chi connectivity index (χ1n) is 11.6. The van der Waals surface area contributed by atoms with E-state index in [0.717, 1.165) is 12.0 Å². The maximum absolute atomic E-state index is 14.1. The molecule has 0 N–H and O–H groups in total. The summed E-state index contributed by atoms with van der Waals surface area (Å²) < 4.78 is 25.1. The Morgan fingerprint density at radius 2 is 1.89 bits per heavy atom. The molecule has 0 fully saturated rings. The number of methoxy groups -OCH3 is 1. The molecule has 4 rings (SSSR count). The molecule has 1 aliphatic rings. The van der Waals surface area contributed by atoms with Crippen LogP contribution in [0, 0.1) is 5.82 Å². The number of amides is 2. The molecular formula is C27H29FN2O4S. The number of rotatable bonds is 8. The summed E-state index contributed by atoms with van der Waals surface area (Å²) in [5.74, 6) is -0.0159. The van der Waals surface area contributed by atoms with Crippen LogP contribution < -0.4 is 9.47 Å². The van der Waals surface area contributed by atoms with Crippen molar-refractivity contribution in [3.05, 3.63) is 81.8 Å². The van der Waals surface area contributed by atoms with E-state index in [2.05, 4.69) is 0 Å². The van der Waals surface area contributed by atoms with Crippen LogP contribution in [0.5, 0.6) is 11.5 Å². The van der Waals surface area contributed by atoms with Crippen LogP contribution in [0.15, 0.2) is 60.0 Å². The lowest BCUT2D eigenvalue weighted by Crippen LogP contribution is -2.49. The van der Waals surface area contributed by atoms with Crippen molar-refractivity contribution in [2.45, 2.75) is 32.4 Å². The number of nitrogens with zero attached hydrogens (tertiary/aromatic N) is 2. The molecule has 0 spiro atoms. The van der Waals surface area contributed by atoms with Crippen molar-refractivity contribution in [1.29, 1.82) is 0 Å². The number of ether oxygens (including phenoxy) is 2. The second kappa shape index (κ2) is 10.9. The predicted octanol–water partition coefficient (Wildman–Crippen LogP) is 4.95. The third kappa shape index (κ3) is 5.48. The Balaban J connectivity index is 1.53. The summed E-state index contributed by atoms with van der Waals surface area (Å²) in [6.07, 6.45) is 0.739. The van der Waals surface area contributed by atoms with Gasteiger partial charge in [0.05, 0.1) is 13.2 Å². The van der Waals surface area contributed by atoms with Gasteiger partial charge in [0.2, 0.25) is 5.91 Å².